The van der Waals surface area contributed by atoms with Crippen LogP contribution in [0.4, 0.5) is 0 Å². The zero-order valence-corrected chi connectivity index (χ0v) is 13.0. The number of rotatable bonds is 3. The Kier molecular flexibility index (Phi) is 3.88. The van der Waals surface area contributed by atoms with Gasteiger partial charge in [0.1, 0.15) is 11.5 Å². The largest absolute Gasteiger partial charge is 0.457 e. The van der Waals surface area contributed by atoms with E-state index < -0.39 is 0 Å². The molecule has 0 unspecified atom stereocenters. The van der Waals surface area contributed by atoms with E-state index >= 15 is 0 Å². The Labute approximate surface area is 130 Å². The predicted molar refractivity (Wildman–Crippen MR) is 88.2 cm³/mol. The quantitative estimate of drug-likeness (QED) is 0.691. The summed E-state index contributed by atoms with van der Waals surface area (Å²) in [6.45, 7) is 5.96. The summed E-state index contributed by atoms with van der Waals surface area (Å²) in [7, 11) is 0. The van der Waals surface area contributed by atoms with Crippen molar-refractivity contribution in [2.45, 2.75) is 20.8 Å². The summed E-state index contributed by atoms with van der Waals surface area (Å²) in [5.74, 6) is 1.64. The number of benzene rings is 2. The van der Waals surface area contributed by atoms with Gasteiger partial charge in [0.05, 0.1) is 22.8 Å². The third-order valence-electron chi connectivity index (χ3n) is 3.59. The lowest BCUT2D eigenvalue weighted by atomic mass is 10.1. The van der Waals surface area contributed by atoms with Gasteiger partial charge in [-0.25, -0.2) is 4.98 Å². The van der Waals surface area contributed by atoms with E-state index in [-0.39, 0.29) is 0 Å². The highest BCUT2D eigenvalue weighted by atomic mass is 16.5. The van der Waals surface area contributed by atoms with Gasteiger partial charge < -0.3 is 4.74 Å². The van der Waals surface area contributed by atoms with Crippen molar-refractivity contribution in [3.8, 4) is 22.8 Å². The van der Waals surface area contributed by atoms with Crippen molar-refractivity contribution >= 4 is 0 Å². The zero-order valence-electron chi connectivity index (χ0n) is 13.0. The average molecular weight is 290 g/mol. The van der Waals surface area contributed by atoms with Gasteiger partial charge in [-0.3, -0.25) is 4.98 Å². The van der Waals surface area contributed by atoms with E-state index in [9.17, 15) is 0 Å². The highest BCUT2D eigenvalue weighted by molar-refractivity contribution is 5.62. The zero-order chi connectivity index (χ0) is 15.5. The van der Waals surface area contributed by atoms with E-state index in [1.165, 1.54) is 0 Å². The lowest BCUT2D eigenvalue weighted by molar-refractivity contribution is 0.483. The minimum atomic E-state index is 0.810. The van der Waals surface area contributed by atoms with Crippen molar-refractivity contribution in [3.05, 3.63) is 71.7 Å². The number of aryl methyl sites for hydroxylation is 3. The molecule has 0 aliphatic carbocycles. The predicted octanol–water partition coefficient (Wildman–Crippen LogP) is 4.86. The molecule has 0 N–H and O–H groups in total. The maximum absolute atomic E-state index is 5.81. The molecule has 0 fully saturated rings. The summed E-state index contributed by atoms with van der Waals surface area (Å²) >= 11 is 0. The van der Waals surface area contributed by atoms with Gasteiger partial charge in [-0.05, 0) is 57.2 Å². The molecule has 0 saturated heterocycles. The number of ether oxygens (including phenoxy) is 1. The van der Waals surface area contributed by atoms with Crippen molar-refractivity contribution < 1.29 is 4.74 Å². The van der Waals surface area contributed by atoms with Gasteiger partial charge in [0.25, 0.3) is 0 Å². The molecule has 110 valence electrons. The fraction of sp³-hybridized carbons (Fsp3) is 0.158. The molecule has 3 nitrogen and oxygen atoms in total. The molecule has 1 aromatic heterocycles. The van der Waals surface area contributed by atoms with Crippen LogP contribution in [0.1, 0.15) is 17.1 Å². The van der Waals surface area contributed by atoms with Crippen LogP contribution in [-0.2, 0) is 0 Å². The molecule has 1 heterocycles. The second-order valence-electron chi connectivity index (χ2n) is 5.27. The normalized spacial score (nSPS) is 10.5. The van der Waals surface area contributed by atoms with Crippen LogP contribution in [0.15, 0.2) is 54.6 Å². The summed E-state index contributed by atoms with van der Waals surface area (Å²) in [5, 5.41) is 0. The molecule has 0 bridgehead atoms. The van der Waals surface area contributed by atoms with E-state index in [1.807, 2.05) is 75.4 Å². The van der Waals surface area contributed by atoms with Gasteiger partial charge in [-0.2, -0.15) is 0 Å². The van der Waals surface area contributed by atoms with Crippen LogP contribution in [0.25, 0.3) is 11.3 Å². The van der Waals surface area contributed by atoms with Gasteiger partial charge in [0.2, 0.25) is 0 Å². The summed E-state index contributed by atoms with van der Waals surface area (Å²) in [6, 6.07) is 17.7. The van der Waals surface area contributed by atoms with Crippen molar-refractivity contribution in [1.29, 1.82) is 0 Å². The molecule has 0 saturated carbocycles. The number of nitrogens with zero attached hydrogens (tertiary/aromatic N) is 2. The molecule has 2 aromatic carbocycles. The molecule has 3 heteroatoms. The summed E-state index contributed by atoms with van der Waals surface area (Å²) in [4.78, 5) is 9.20. The molecule has 3 rings (SSSR count). The van der Waals surface area contributed by atoms with Crippen LogP contribution in [-0.4, -0.2) is 9.97 Å². The average Bonchev–Trinajstić information content (AvgIpc) is 2.53. The molecule has 22 heavy (non-hydrogen) atoms. The van der Waals surface area contributed by atoms with Crippen LogP contribution in [0.5, 0.6) is 11.5 Å². The van der Waals surface area contributed by atoms with Crippen LogP contribution < -0.4 is 4.74 Å². The van der Waals surface area contributed by atoms with Crippen molar-refractivity contribution in [2.24, 2.45) is 0 Å². The third-order valence-corrected chi connectivity index (χ3v) is 3.59. The second-order valence-corrected chi connectivity index (χ2v) is 5.27. The Bertz CT molecular complexity index is 781. The van der Waals surface area contributed by atoms with E-state index in [1.54, 1.807) is 0 Å². The van der Waals surface area contributed by atoms with Crippen LogP contribution in [0, 0.1) is 20.8 Å². The van der Waals surface area contributed by atoms with Gasteiger partial charge in [-0.1, -0.05) is 18.2 Å². The van der Waals surface area contributed by atoms with Crippen LogP contribution in [0.2, 0.25) is 0 Å². The Morgan fingerprint density at radius 3 is 1.91 bits per heavy atom. The van der Waals surface area contributed by atoms with Crippen molar-refractivity contribution in [2.75, 3.05) is 0 Å². The molecule has 3 aromatic rings. The SMILES string of the molecule is Cc1nc(C)c(-c2ccc(Oc3ccccc3)cc2)nc1C. The first kappa shape index (κ1) is 14.3. The molecule has 0 aliphatic heterocycles. The Morgan fingerprint density at radius 1 is 0.636 bits per heavy atom. The van der Waals surface area contributed by atoms with E-state index in [4.69, 9.17) is 4.74 Å². The third kappa shape index (κ3) is 2.98. The number of hydrogen-bond acceptors (Lipinski definition) is 3. The minimum Gasteiger partial charge on any atom is -0.457 e. The molecular formula is C19H18N2O. The fourth-order valence-corrected chi connectivity index (χ4v) is 2.29. The maximum Gasteiger partial charge on any atom is 0.127 e. The Morgan fingerprint density at radius 2 is 1.23 bits per heavy atom. The summed E-state index contributed by atoms with van der Waals surface area (Å²) < 4.78 is 5.81. The van der Waals surface area contributed by atoms with E-state index in [0.717, 1.165) is 39.8 Å². The van der Waals surface area contributed by atoms with E-state index in [2.05, 4.69) is 9.97 Å². The second kappa shape index (κ2) is 5.98. The number of aromatic nitrogens is 2. The minimum absolute atomic E-state index is 0.810. The first-order valence-corrected chi connectivity index (χ1v) is 7.28. The smallest absolute Gasteiger partial charge is 0.127 e. The standard InChI is InChI=1S/C19H18N2O/c1-13-14(2)21-19(15(3)20-13)16-9-11-18(12-10-16)22-17-7-5-4-6-8-17/h4-12H,1-3H3. The van der Waals surface area contributed by atoms with Gasteiger partial charge in [-0.15, -0.1) is 0 Å². The molecule has 0 atom stereocenters. The summed E-state index contributed by atoms with van der Waals surface area (Å²) in [5.41, 5.74) is 4.86. The molecule has 0 aliphatic rings. The molecule has 0 amide bonds. The lowest BCUT2D eigenvalue weighted by Crippen LogP contribution is -1.98. The number of hydrogen-bond donors (Lipinski definition) is 0. The van der Waals surface area contributed by atoms with Crippen molar-refractivity contribution in [1.82, 2.24) is 9.97 Å². The topological polar surface area (TPSA) is 35.0 Å². The highest BCUT2D eigenvalue weighted by Gasteiger charge is 2.08. The number of para-hydroxylation sites is 1. The monoisotopic (exact) mass is 290 g/mol. The van der Waals surface area contributed by atoms with Crippen LogP contribution in [0.3, 0.4) is 0 Å². The first-order chi connectivity index (χ1) is 10.6. The van der Waals surface area contributed by atoms with Gasteiger partial charge in [0, 0.05) is 5.56 Å². The Hall–Kier alpha value is -2.68. The Balaban J connectivity index is 1.87. The van der Waals surface area contributed by atoms with E-state index in [0.29, 0.717) is 0 Å². The summed E-state index contributed by atoms with van der Waals surface area (Å²) in [6.07, 6.45) is 0. The highest BCUT2D eigenvalue weighted by Crippen LogP contribution is 2.26. The van der Waals surface area contributed by atoms with Crippen LogP contribution >= 0.6 is 0 Å². The molecule has 0 radical (unpaired) electrons. The fourth-order valence-electron chi connectivity index (χ4n) is 2.29. The molecular weight excluding hydrogens is 272 g/mol. The van der Waals surface area contributed by atoms with Gasteiger partial charge >= 0.3 is 0 Å². The molecule has 0 spiro atoms. The van der Waals surface area contributed by atoms with Gasteiger partial charge in [0.15, 0.2) is 0 Å². The maximum atomic E-state index is 5.81. The van der Waals surface area contributed by atoms with Crippen molar-refractivity contribution in [3.63, 3.8) is 0 Å². The lowest BCUT2D eigenvalue weighted by Gasteiger charge is -2.09. The first-order valence-electron chi connectivity index (χ1n) is 7.28.